The molecule has 3 nitrogen and oxygen atoms in total. The van der Waals surface area contributed by atoms with Crippen LogP contribution in [0.15, 0.2) is 0 Å². The molecular formula is C9H21NO2. The van der Waals surface area contributed by atoms with Crippen molar-refractivity contribution in [2.24, 2.45) is 0 Å². The Morgan fingerprint density at radius 3 is 2.25 bits per heavy atom. The molecule has 0 aliphatic heterocycles. The van der Waals surface area contributed by atoms with E-state index in [4.69, 9.17) is 9.47 Å². The minimum atomic E-state index is 0.833. The molecule has 0 aliphatic rings. The molecule has 0 saturated carbocycles. The second-order valence-corrected chi connectivity index (χ2v) is 3.12. The molecule has 0 aromatic heterocycles. The smallest absolute Gasteiger partial charge is 0.0593 e. The summed E-state index contributed by atoms with van der Waals surface area (Å²) in [6, 6.07) is 0. The molecule has 0 radical (unpaired) electrons. The first kappa shape index (κ1) is 11.9. The lowest BCUT2D eigenvalue weighted by molar-refractivity contribution is 0.106. The average molecular weight is 175 g/mol. The quantitative estimate of drug-likeness (QED) is 0.514. The monoisotopic (exact) mass is 175 g/mol. The summed E-state index contributed by atoms with van der Waals surface area (Å²) in [6.45, 7) is 3.54. The second-order valence-electron chi connectivity index (χ2n) is 3.12. The van der Waals surface area contributed by atoms with E-state index in [1.807, 2.05) is 14.1 Å². The number of ether oxygens (including phenoxy) is 2. The number of hydrogen-bond acceptors (Lipinski definition) is 3. The summed E-state index contributed by atoms with van der Waals surface area (Å²) in [6.07, 6.45) is 2.19. The molecule has 0 saturated heterocycles. The number of unbranched alkanes of at least 4 members (excludes halogenated alkanes) is 1. The van der Waals surface area contributed by atoms with E-state index in [1.54, 1.807) is 7.11 Å². The van der Waals surface area contributed by atoms with Crippen molar-refractivity contribution in [1.29, 1.82) is 0 Å². The van der Waals surface area contributed by atoms with Crippen molar-refractivity contribution >= 4 is 0 Å². The highest BCUT2D eigenvalue weighted by molar-refractivity contribution is 4.41. The van der Waals surface area contributed by atoms with Crippen LogP contribution in [0.1, 0.15) is 12.8 Å². The maximum absolute atomic E-state index is 5.39. The van der Waals surface area contributed by atoms with Crippen molar-refractivity contribution in [3.05, 3.63) is 0 Å². The molecule has 0 rings (SSSR count). The Bertz CT molecular complexity index is 86.6. The van der Waals surface area contributed by atoms with Gasteiger partial charge in [0.1, 0.15) is 0 Å². The molecule has 0 spiro atoms. The van der Waals surface area contributed by atoms with E-state index in [0.29, 0.717) is 0 Å². The van der Waals surface area contributed by atoms with Gasteiger partial charge in [0, 0.05) is 26.9 Å². The zero-order valence-electron chi connectivity index (χ0n) is 8.51. The lowest BCUT2D eigenvalue weighted by Gasteiger charge is -2.09. The van der Waals surface area contributed by atoms with Crippen LogP contribution in [0.25, 0.3) is 0 Å². The van der Waals surface area contributed by atoms with Gasteiger partial charge in [-0.1, -0.05) is 0 Å². The molecule has 0 aromatic rings. The highest BCUT2D eigenvalue weighted by Crippen LogP contribution is 1.90. The highest BCUT2D eigenvalue weighted by atomic mass is 16.5. The minimum absolute atomic E-state index is 0.833. The van der Waals surface area contributed by atoms with E-state index in [1.165, 1.54) is 0 Å². The third kappa shape index (κ3) is 9.88. The third-order valence-corrected chi connectivity index (χ3v) is 1.57. The Labute approximate surface area is 75.6 Å². The van der Waals surface area contributed by atoms with E-state index in [-0.39, 0.29) is 0 Å². The van der Waals surface area contributed by atoms with Gasteiger partial charge in [-0.05, 0) is 26.9 Å². The number of methoxy groups -OCH3 is 1. The molecule has 0 heterocycles. The van der Waals surface area contributed by atoms with Crippen molar-refractivity contribution in [3.8, 4) is 0 Å². The van der Waals surface area contributed by atoms with Crippen LogP contribution in [0.5, 0.6) is 0 Å². The van der Waals surface area contributed by atoms with E-state index >= 15 is 0 Å². The first-order chi connectivity index (χ1) is 5.77. The van der Waals surface area contributed by atoms with Gasteiger partial charge in [-0.15, -0.1) is 0 Å². The van der Waals surface area contributed by atoms with Gasteiger partial charge < -0.3 is 14.4 Å². The summed E-state index contributed by atoms with van der Waals surface area (Å²) in [5.74, 6) is 0. The van der Waals surface area contributed by atoms with Gasteiger partial charge in [-0.2, -0.15) is 0 Å². The van der Waals surface area contributed by atoms with Crippen LogP contribution in [0.3, 0.4) is 0 Å². The number of rotatable bonds is 8. The number of likely N-dealkylation sites (N-methyl/N-ethyl adjacent to an activating group) is 1. The lowest BCUT2D eigenvalue weighted by atomic mass is 10.3. The van der Waals surface area contributed by atoms with Crippen LogP contribution in [0.2, 0.25) is 0 Å². The molecule has 3 heteroatoms. The zero-order chi connectivity index (χ0) is 9.23. The molecule has 0 amide bonds. The first-order valence-corrected chi connectivity index (χ1v) is 4.48. The topological polar surface area (TPSA) is 21.7 Å². The summed E-state index contributed by atoms with van der Waals surface area (Å²) < 4.78 is 10.3. The van der Waals surface area contributed by atoms with Crippen LogP contribution < -0.4 is 0 Å². The van der Waals surface area contributed by atoms with Crippen molar-refractivity contribution in [2.75, 3.05) is 47.6 Å². The summed E-state index contributed by atoms with van der Waals surface area (Å²) in [5.41, 5.74) is 0. The standard InChI is InChI=1S/C9H21NO2/c1-10(2)6-9-12-8-5-4-7-11-3/h4-9H2,1-3H3. The Morgan fingerprint density at radius 2 is 1.67 bits per heavy atom. The SMILES string of the molecule is COCCCCOCCN(C)C. The van der Waals surface area contributed by atoms with Crippen molar-refractivity contribution in [3.63, 3.8) is 0 Å². The fourth-order valence-corrected chi connectivity index (χ4v) is 0.800. The fourth-order valence-electron chi connectivity index (χ4n) is 0.800. The molecule has 0 aliphatic carbocycles. The maximum Gasteiger partial charge on any atom is 0.0593 e. The third-order valence-electron chi connectivity index (χ3n) is 1.57. The molecule has 0 atom stereocenters. The molecule has 0 unspecified atom stereocenters. The molecule has 0 fully saturated rings. The summed E-state index contributed by atoms with van der Waals surface area (Å²) >= 11 is 0. The van der Waals surface area contributed by atoms with Crippen LogP contribution >= 0.6 is 0 Å². The maximum atomic E-state index is 5.39. The van der Waals surface area contributed by atoms with Gasteiger partial charge in [-0.25, -0.2) is 0 Å². The molecule has 0 aromatic carbocycles. The normalized spacial score (nSPS) is 11.0. The van der Waals surface area contributed by atoms with Crippen LogP contribution in [0, 0.1) is 0 Å². The first-order valence-electron chi connectivity index (χ1n) is 4.48. The van der Waals surface area contributed by atoms with Crippen molar-refractivity contribution in [2.45, 2.75) is 12.8 Å². The largest absolute Gasteiger partial charge is 0.385 e. The number of hydrogen-bond donors (Lipinski definition) is 0. The summed E-state index contributed by atoms with van der Waals surface area (Å²) in [7, 11) is 5.83. The van der Waals surface area contributed by atoms with E-state index in [9.17, 15) is 0 Å². The van der Waals surface area contributed by atoms with Gasteiger partial charge in [0.15, 0.2) is 0 Å². The lowest BCUT2D eigenvalue weighted by Crippen LogP contribution is -2.18. The van der Waals surface area contributed by atoms with Gasteiger partial charge in [0.25, 0.3) is 0 Å². The van der Waals surface area contributed by atoms with Crippen molar-refractivity contribution in [1.82, 2.24) is 4.90 Å². The average Bonchev–Trinajstić information content (AvgIpc) is 2.02. The van der Waals surface area contributed by atoms with E-state index in [2.05, 4.69) is 4.90 Å². The fraction of sp³-hybridized carbons (Fsp3) is 1.00. The van der Waals surface area contributed by atoms with Gasteiger partial charge in [0.2, 0.25) is 0 Å². The van der Waals surface area contributed by atoms with Crippen LogP contribution in [0.4, 0.5) is 0 Å². The molecule has 0 bridgehead atoms. The van der Waals surface area contributed by atoms with Gasteiger partial charge >= 0.3 is 0 Å². The van der Waals surface area contributed by atoms with Gasteiger partial charge in [0.05, 0.1) is 6.61 Å². The summed E-state index contributed by atoms with van der Waals surface area (Å²) in [4.78, 5) is 2.12. The van der Waals surface area contributed by atoms with E-state index in [0.717, 1.165) is 39.2 Å². The Balaban J connectivity index is 2.82. The van der Waals surface area contributed by atoms with Crippen LogP contribution in [-0.4, -0.2) is 52.5 Å². The molecule has 0 N–H and O–H groups in total. The predicted octanol–water partition coefficient (Wildman–Crippen LogP) is 0.991. The summed E-state index contributed by atoms with van der Waals surface area (Å²) in [5, 5.41) is 0. The number of nitrogens with zero attached hydrogens (tertiary/aromatic N) is 1. The molecule has 12 heavy (non-hydrogen) atoms. The van der Waals surface area contributed by atoms with E-state index < -0.39 is 0 Å². The minimum Gasteiger partial charge on any atom is -0.385 e. The highest BCUT2D eigenvalue weighted by Gasteiger charge is 1.91. The predicted molar refractivity (Wildman–Crippen MR) is 50.5 cm³/mol. The molecule has 74 valence electrons. The second kappa shape index (κ2) is 8.97. The molecular weight excluding hydrogens is 154 g/mol. The zero-order valence-corrected chi connectivity index (χ0v) is 8.51. The van der Waals surface area contributed by atoms with Gasteiger partial charge in [-0.3, -0.25) is 0 Å². The van der Waals surface area contributed by atoms with Crippen LogP contribution in [-0.2, 0) is 9.47 Å². The Hall–Kier alpha value is -0.120. The Morgan fingerprint density at radius 1 is 1.00 bits per heavy atom. The van der Waals surface area contributed by atoms with Crippen molar-refractivity contribution < 1.29 is 9.47 Å². The Kier molecular flexibility index (Phi) is 8.88.